The summed E-state index contributed by atoms with van der Waals surface area (Å²) in [5, 5.41) is 31.6. The predicted molar refractivity (Wildman–Crippen MR) is 354 cm³/mol. The van der Waals surface area contributed by atoms with Crippen molar-refractivity contribution in [1.82, 2.24) is 78.7 Å². The van der Waals surface area contributed by atoms with Crippen molar-refractivity contribution in [2.75, 3.05) is 26.2 Å². The number of pyridine rings is 2. The number of nitrogens with two attached hydrogens (primary N) is 3. The van der Waals surface area contributed by atoms with Crippen LogP contribution in [0.3, 0.4) is 0 Å². The average Bonchev–Trinajstić information content (AvgIpc) is 1.54. The largest absolute Gasteiger partial charge is 0.370 e. The molecule has 6 rings (SSSR count). The third-order valence-corrected chi connectivity index (χ3v) is 16.5. The zero-order chi connectivity index (χ0) is 71.6. The number of guanidine groups is 1. The summed E-state index contributed by atoms with van der Waals surface area (Å²) >= 11 is 6.18. The van der Waals surface area contributed by atoms with Gasteiger partial charge >= 0.3 is 0 Å². The van der Waals surface area contributed by atoms with Crippen LogP contribution in [0.25, 0.3) is 0 Å². The van der Waals surface area contributed by atoms with E-state index in [4.69, 9.17) is 28.8 Å². The van der Waals surface area contributed by atoms with Gasteiger partial charge in [0.2, 0.25) is 82.7 Å². The molecule has 530 valence electrons. The number of amides is 14. The topological polar surface area (TPSA) is 503 Å². The summed E-state index contributed by atoms with van der Waals surface area (Å²) in [7, 11) is 0. The number of hydrogen-bond donors (Lipinski definition) is 15. The van der Waals surface area contributed by atoms with Crippen LogP contribution in [0.2, 0.25) is 5.02 Å². The van der Waals surface area contributed by atoms with Gasteiger partial charge in [-0.05, 0) is 98.2 Å². The maximum atomic E-state index is 15.3. The fraction of sp³-hybridized carbons (Fsp3) is 0.516. The molecule has 98 heavy (non-hydrogen) atoms. The van der Waals surface area contributed by atoms with Crippen molar-refractivity contribution in [3.8, 4) is 0 Å². The maximum absolute atomic E-state index is 15.3. The van der Waals surface area contributed by atoms with Crippen molar-refractivity contribution in [3.05, 3.63) is 95.0 Å². The van der Waals surface area contributed by atoms with Gasteiger partial charge in [0.05, 0.1) is 6.42 Å². The SMILES string of the molecule is CC[C@H](NC(C)=O)C(=O)N[C@@H](Cc1ccc(Cl)cc1)C(=O)N[C@@H](Cc1cccnc1)C(=O)N[C@H]1CC(=O)NCC(C(N)=O)NC(=O)[C@@H]2CCCN2C(=O)C2CCNC(=O)[C@@H](CCCN=C(N)N)NC(=O)CC[C@H](NC1=O)C(=O)N[C@@H](Cc1cccnc1)C(=O)N[C@H](CC(C)C)C(=O)N2. The van der Waals surface area contributed by atoms with Crippen LogP contribution in [0.4, 0.5) is 0 Å². The van der Waals surface area contributed by atoms with Crippen LogP contribution in [0.5, 0.6) is 0 Å². The molecule has 0 spiro atoms. The van der Waals surface area contributed by atoms with Crippen molar-refractivity contribution in [2.45, 2.75) is 178 Å². The molecule has 3 aliphatic rings. The molecule has 1 aromatic carbocycles. The Labute approximate surface area is 570 Å². The molecule has 14 amide bonds. The first-order valence-electron chi connectivity index (χ1n) is 32.4. The van der Waals surface area contributed by atoms with Gasteiger partial charge in [-0.15, -0.1) is 0 Å². The lowest BCUT2D eigenvalue weighted by Gasteiger charge is -2.31. The lowest BCUT2D eigenvalue weighted by atomic mass is 10.00. The second-order valence-corrected chi connectivity index (χ2v) is 25.0. The number of carbonyl (C=O) groups is 14. The molecule has 0 aliphatic carbocycles. The summed E-state index contributed by atoms with van der Waals surface area (Å²) in [6, 6.07) is -4.39. The monoisotopic (exact) mass is 1380 g/mol. The molecule has 0 radical (unpaired) electrons. The number of primary amides is 1. The fourth-order valence-electron chi connectivity index (χ4n) is 11.2. The van der Waals surface area contributed by atoms with Crippen LogP contribution in [-0.4, -0.2) is 196 Å². The van der Waals surface area contributed by atoms with E-state index in [0.717, 1.165) is 0 Å². The number of nitrogens with zero attached hydrogens (tertiary/aromatic N) is 4. The van der Waals surface area contributed by atoms with Crippen molar-refractivity contribution in [3.63, 3.8) is 0 Å². The van der Waals surface area contributed by atoms with E-state index < -0.39 is 175 Å². The molecule has 5 heterocycles. The van der Waals surface area contributed by atoms with E-state index in [0.29, 0.717) is 21.7 Å². The normalized spacial score (nSPS) is 22.8. The summed E-state index contributed by atoms with van der Waals surface area (Å²) in [6.45, 7) is 5.30. The summed E-state index contributed by atoms with van der Waals surface area (Å²) in [5.74, 6) is -13.7. The van der Waals surface area contributed by atoms with Gasteiger partial charge in [-0.2, -0.15) is 0 Å². The summed E-state index contributed by atoms with van der Waals surface area (Å²) in [5.41, 5.74) is 18.2. The van der Waals surface area contributed by atoms with E-state index in [1.807, 2.05) is 0 Å². The van der Waals surface area contributed by atoms with E-state index >= 15 is 14.4 Å². The van der Waals surface area contributed by atoms with Crippen molar-refractivity contribution >= 4 is 100 Å². The Morgan fingerprint density at radius 3 is 1.92 bits per heavy atom. The smallest absolute Gasteiger partial charge is 0.245 e. The van der Waals surface area contributed by atoms with E-state index in [2.05, 4.69) is 78.8 Å². The molecule has 2 aromatic heterocycles. The highest BCUT2D eigenvalue weighted by atomic mass is 35.5. The summed E-state index contributed by atoms with van der Waals surface area (Å²) < 4.78 is 0. The highest BCUT2D eigenvalue weighted by Crippen LogP contribution is 2.21. The van der Waals surface area contributed by atoms with Crippen LogP contribution < -0.4 is 81.0 Å². The number of halogens is 1. The fourth-order valence-corrected chi connectivity index (χ4v) is 11.3. The molecule has 34 heteroatoms. The van der Waals surface area contributed by atoms with E-state index in [-0.39, 0.29) is 95.7 Å². The van der Waals surface area contributed by atoms with Gasteiger partial charge in [-0.1, -0.05) is 56.6 Å². The van der Waals surface area contributed by atoms with Gasteiger partial charge in [0, 0.05) is 88.6 Å². The number of fused-ring (bicyclic) bond motifs is 10. The number of nitrogens with one attached hydrogen (secondary N) is 12. The van der Waals surface area contributed by atoms with E-state index in [1.165, 1.54) is 36.6 Å². The van der Waals surface area contributed by atoms with Crippen molar-refractivity contribution in [1.29, 1.82) is 0 Å². The predicted octanol–water partition coefficient (Wildman–Crippen LogP) is -4.17. The van der Waals surface area contributed by atoms with Crippen LogP contribution in [0.1, 0.15) is 109 Å². The minimum atomic E-state index is -2.06. The van der Waals surface area contributed by atoms with Crippen molar-refractivity contribution in [2.24, 2.45) is 28.1 Å². The summed E-state index contributed by atoms with van der Waals surface area (Å²) in [6.07, 6.45) is 2.73. The highest BCUT2D eigenvalue weighted by molar-refractivity contribution is 6.30. The molecule has 3 aliphatic heterocycles. The quantitative estimate of drug-likeness (QED) is 0.0208. The molecule has 11 atom stereocenters. The second kappa shape index (κ2) is 37.8. The van der Waals surface area contributed by atoms with Crippen LogP contribution >= 0.6 is 11.6 Å². The Hall–Kier alpha value is -10.3. The van der Waals surface area contributed by atoms with Crippen molar-refractivity contribution < 1.29 is 67.1 Å². The number of aromatic nitrogens is 2. The number of aliphatic imine (C=N–C) groups is 1. The Balaban J connectivity index is 1.49. The Morgan fingerprint density at radius 2 is 1.29 bits per heavy atom. The van der Waals surface area contributed by atoms with E-state index in [9.17, 15) is 52.7 Å². The zero-order valence-corrected chi connectivity index (χ0v) is 55.7. The van der Waals surface area contributed by atoms with Gasteiger partial charge < -0.3 is 85.9 Å². The average molecular weight is 1380 g/mol. The molecule has 18 N–H and O–H groups in total. The standard InChI is InChI=1S/C64H88ClN19O14/c1-5-40(74-35(4)85)55(90)79-45(27-36-14-16-39(65)17-15-36)58(93)81-47(29-38-11-7-22-70-32-38)60(95)82-48-30-52(87)73-33-49(53(66)88)83-62(97)50-13-9-25-84(50)63(98)43-20-24-71-54(89)41(12-8-23-72-64(67)68)75-51(86)19-18-42(76-61(48)96)56(91)80-46(28-37-10-6-21-69-31-37)59(94)78-44(26-34(2)3)57(92)77-43/h6-7,10-11,14-17,21-22,31-32,34,40-50H,5,8-9,12-13,18-20,23-30,33H2,1-4H3,(H2,66,88)(H,71,89)(H,73,87)(H,74,85)(H,75,86)(H,76,96)(H,77,92)(H,78,94)(H,79,90)(H,80,91)(H,81,93)(H,82,95)(H,83,97)(H4,67,68,72)/t40-,41+,42-,43?,44+,45-,46-,47-,48-,49?,50-/m0/s1. The number of benzene rings is 1. The molecule has 3 aromatic rings. The third kappa shape index (κ3) is 24.4. The van der Waals surface area contributed by atoms with Gasteiger partial charge in [0.15, 0.2) is 5.96 Å². The Kier molecular flexibility index (Phi) is 29.6. The molecular formula is C64H88ClN19O14. The molecule has 3 fully saturated rings. The second-order valence-electron chi connectivity index (χ2n) is 24.5. The first kappa shape index (κ1) is 76.7. The Bertz CT molecular complexity index is 3380. The van der Waals surface area contributed by atoms with Crippen LogP contribution in [-0.2, 0) is 86.4 Å². The number of hydrogen-bond acceptors (Lipinski definition) is 17. The molecule has 0 saturated carbocycles. The lowest BCUT2D eigenvalue weighted by Crippen LogP contribution is -2.61. The minimum absolute atomic E-state index is 0.0179. The molecule has 33 nitrogen and oxygen atoms in total. The first-order chi connectivity index (χ1) is 46.7. The number of carbonyl (C=O) groups excluding carboxylic acids is 14. The van der Waals surface area contributed by atoms with Gasteiger partial charge in [0.25, 0.3) is 0 Å². The van der Waals surface area contributed by atoms with Crippen LogP contribution in [0, 0.1) is 5.92 Å². The van der Waals surface area contributed by atoms with E-state index in [1.54, 1.807) is 69.3 Å². The summed E-state index contributed by atoms with van der Waals surface area (Å²) in [4.78, 5) is 214. The Morgan fingerprint density at radius 1 is 0.653 bits per heavy atom. The van der Waals surface area contributed by atoms with Crippen LogP contribution in [0.15, 0.2) is 78.3 Å². The minimum Gasteiger partial charge on any atom is -0.370 e. The third-order valence-electron chi connectivity index (χ3n) is 16.3. The molecule has 2 bridgehead atoms. The zero-order valence-electron chi connectivity index (χ0n) is 55.0. The maximum Gasteiger partial charge on any atom is 0.245 e. The molecule has 3 saturated heterocycles. The first-order valence-corrected chi connectivity index (χ1v) is 32.8. The molecular weight excluding hydrogens is 1290 g/mol. The number of rotatable bonds is 21. The van der Waals surface area contributed by atoms with Gasteiger partial charge in [-0.3, -0.25) is 82.1 Å². The highest BCUT2D eigenvalue weighted by Gasteiger charge is 2.41. The van der Waals surface area contributed by atoms with Gasteiger partial charge in [0.1, 0.15) is 66.5 Å². The lowest BCUT2D eigenvalue weighted by molar-refractivity contribution is -0.142. The molecule has 2 unspecified atom stereocenters. The van der Waals surface area contributed by atoms with Gasteiger partial charge in [-0.25, -0.2) is 0 Å².